The number of halogens is 2. The SMILES string of the molecule is NCCCc1ncc(N)cc1C(=O)N1CCC(=C(F)F)CC1. The summed E-state index contributed by atoms with van der Waals surface area (Å²) in [6.07, 6.45) is 1.62. The van der Waals surface area contributed by atoms with Crippen molar-refractivity contribution in [1.29, 1.82) is 0 Å². The Hall–Kier alpha value is -2.02. The maximum absolute atomic E-state index is 12.6. The molecular weight excluding hydrogens is 290 g/mol. The Labute approximate surface area is 128 Å². The molecule has 1 saturated heterocycles. The van der Waals surface area contributed by atoms with Crippen molar-refractivity contribution in [2.75, 3.05) is 25.4 Å². The Balaban J connectivity index is 2.15. The molecule has 1 aliphatic rings. The highest BCUT2D eigenvalue weighted by atomic mass is 19.3. The van der Waals surface area contributed by atoms with Crippen molar-refractivity contribution in [2.24, 2.45) is 5.73 Å². The van der Waals surface area contributed by atoms with Crippen molar-refractivity contribution in [3.05, 3.63) is 35.2 Å². The molecule has 1 aliphatic heterocycles. The van der Waals surface area contributed by atoms with E-state index >= 15 is 0 Å². The minimum atomic E-state index is -1.62. The number of piperidine rings is 1. The molecule has 0 atom stereocenters. The number of anilines is 1. The van der Waals surface area contributed by atoms with Gasteiger partial charge in [0.1, 0.15) is 0 Å². The van der Waals surface area contributed by atoms with Gasteiger partial charge in [-0.05, 0) is 43.9 Å². The fourth-order valence-electron chi connectivity index (χ4n) is 2.50. The summed E-state index contributed by atoms with van der Waals surface area (Å²) in [4.78, 5) is 18.4. The van der Waals surface area contributed by atoms with Crippen LogP contribution in [0.5, 0.6) is 0 Å². The maximum Gasteiger partial charge on any atom is 0.269 e. The number of pyridine rings is 1. The normalized spacial score (nSPS) is 15.0. The monoisotopic (exact) mass is 310 g/mol. The predicted molar refractivity (Wildman–Crippen MR) is 80.4 cm³/mol. The molecule has 0 aliphatic carbocycles. The third kappa shape index (κ3) is 3.79. The number of rotatable bonds is 4. The van der Waals surface area contributed by atoms with Crippen LogP contribution in [0, 0.1) is 0 Å². The zero-order chi connectivity index (χ0) is 16.1. The highest BCUT2D eigenvalue weighted by Gasteiger charge is 2.24. The second-order valence-electron chi connectivity index (χ2n) is 5.31. The van der Waals surface area contributed by atoms with Crippen LogP contribution in [-0.2, 0) is 6.42 Å². The number of hydrogen-bond acceptors (Lipinski definition) is 4. The highest BCUT2D eigenvalue weighted by molar-refractivity contribution is 5.96. The van der Waals surface area contributed by atoms with Gasteiger partial charge in [-0.25, -0.2) is 0 Å². The smallest absolute Gasteiger partial charge is 0.269 e. The molecule has 1 amide bonds. The van der Waals surface area contributed by atoms with Gasteiger partial charge in [0.2, 0.25) is 0 Å². The number of aromatic nitrogens is 1. The number of carbonyl (C=O) groups excluding carboxylic acids is 1. The summed E-state index contributed by atoms with van der Waals surface area (Å²) < 4.78 is 25.1. The van der Waals surface area contributed by atoms with E-state index in [0.29, 0.717) is 29.9 Å². The summed E-state index contributed by atoms with van der Waals surface area (Å²) in [7, 11) is 0. The average Bonchev–Trinajstić information content (AvgIpc) is 2.53. The average molecular weight is 310 g/mol. The molecule has 0 aromatic carbocycles. The van der Waals surface area contributed by atoms with E-state index in [4.69, 9.17) is 11.5 Å². The van der Waals surface area contributed by atoms with Gasteiger partial charge in [0, 0.05) is 13.1 Å². The van der Waals surface area contributed by atoms with E-state index in [2.05, 4.69) is 4.98 Å². The first-order valence-corrected chi connectivity index (χ1v) is 7.29. The molecule has 0 spiro atoms. The van der Waals surface area contributed by atoms with E-state index in [1.54, 1.807) is 11.0 Å². The van der Waals surface area contributed by atoms with Crippen LogP contribution in [0.2, 0.25) is 0 Å². The van der Waals surface area contributed by atoms with Crippen LogP contribution in [0.3, 0.4) is 0 Å². The summed E-state index contributed by atoms with van der Waals surface area (Å²) in [5.74, 6) is -0.204. The van der Waals surface area contributed by atoms with E-state index in [1.807, 2.05) is 0 Å². The van der Waals surface area contributed by atoms with Gasteiger partial charge in [-0.1, -0.05) is 0 Å². The summed E-state index contributed by atoms with van der Waals surface area (Å²) in [5, 5.41) is 0. The fraction of sp³-hybridized carbons (Fsp3) is 0.467. The highest BCUT2D eigenvalue weighted by Crippen LogP contribution is 2.24. The number of hydrogen-bond donors (Lipinski definition) is 2. The Morgan fingerprint density at radius 1 is 1.32 bits per heavy atom. The molecule has 120 valence electrons. The van der Waals surface area contributed by atoms with Crippen molar-refractivity contribution in [2.45, 2.75) is 25.7 Å². The number of nitrogens with two attached hydrogens (primary N) is 2. The van der Waals surface area contributed by atoms with Gasteiger partial charge < -0.3 is 16.4 Å². The molecule has 7 heteroatoms. The summed E-state index contributed by atoms with van der Waals surface area (Å²) in [5.41, 5.74) is 12.9. The number of nitrogens with zero attached hydrogens (tertiary/aromatic N) is 2. The third-order valence-electron chi connectivity index (χ3n) is 3.76. The zero-order valence-electron chi connectivity index (χ0n) is 12.3. The molecule has 0 bridgehead atoms. The zero-order valence-corrected chi connectivity index (χ0v) is 12.3. The van der Waals surface area contributed by atoms with Crippen LogP contribution in [0.4, 0.5) is 14.5 Å². The molecule has 4 N–H and O–H groups in total. The van der Waals surface area contributed by atoms with Gasteiger partial charge in [-0.3, -0.25) is 9.78 Å². The lowest BCUT2D eigenvalue weighted by atomic mass is 10.0. The molecule has 2 rings (SSSR count). The van der Waals surface area contributed by atoms with Crippen LogP contribution in [-0.4, -0.2) is 35.4 Å². The number of nitrogen functional groups attached to an aromatic ring is 1. The first-order chi connectivity index (χ1) is 10.5. The minimum Gasteiger partial charge on any atom is -0.397 e. The van der Waals surface area contributed by atoms with Crippen molar-refractivity contribution in [1.82, 2.24) is 9.88 Å². The van der Waals surface area contributed by atoms with Gasteiger partial charge in [0.05, 0.1) is 23.1 Å². The number of likely N-dealkylation sites (tertiary alicyclic amines) is 1. The first-order valence-electron chi connectivity index (χ1n) is 7.29. The molecule has 2 heterocycles. The van der Waals surface area contributed by atoms with E-state index in [1.165, 1.54) is 6.20 Å². The van der Waals surface area contributed by atoms with Crippen molar-refractivity contribution >= 4 is 11.6 Å². The molecule has 5 nitrogen and oxygen atoms in total. The van der Waals surface area contributed by atoms with E-state index in [-0.39, 0.29) is 37.4 Å². The maximum atomic E-state index is 12.6. The van der Waals surface area contributed by atoms with E-state index in [0.717, 1.165) is 6.42 Å². The standard InChI is InChI=1S/C15H20F2N4O/c16-14(17)10-3-6-21(7-4-10)15(22)12-8-11(19)9-20-13(12)2-1-5-18/h8-9H,1-7,18-19H2. The van der Waals surface area contributed by atoms with E-state index in [9.17, 15) is 13.6 Å². The Bertz CT molecular complexity index is 575. The lowest BCUT2D eigenvalue weighted by Crippen LogP contribution is -2.37. The van der Waals surface area contributed by atoms with Gasteiger partial charge in [-0.2, -0.15) is 8.78 Å². The van der Waals surface area contributed by atoms with E-state index < -0.39 is 6.08 Å². The van der Waals surface area contributed by atoms with Gasteiger partial charge in [0.15, 0.2) is 0 Å². The molecule has 0 radical (unpaired) electrons. The van der Waals surface area contributed by atoms with Gasteiger partial charge in [-0.15, -0.1) is 0 Å². The van der Waals surface area contributed by atoms with Gasteiger partial charge in [0.25, 0.3) is 12.0 Å². The minimum absolute atomic E-state index is 0.137. The van der Waals surface area contributed by atoms with Crippen molar-refractivity contribution in [3.63, 3.8) is 0 Å². The summed E-state index contributed by atoms with van der Waals surface area (Å²) in [6, 6.07) is 1.60. The van der Waals surface area contributed by atoms with Crippen molar-refractivity contribution in [3.8, 4) is 0 Å². The predicted octanol–water partition coefficient (Wildman–Crippen LogP) is 1.94. The topological polar surface area (TPSA) is 85.2 Å². The van der Waals surface area contributed by atoms with Gasteiger partial charge >= 0.3 is 0 Å². The second-order valence-corrected chi connectivity index (χ2v) is 5.31. The number of aryl methyl sites for hydroxylation is 1. The lowest BCUT2D eigenvalue weighted by molar-refractivity contribution is 0.0739. The molecule has 0 saturated carbocycles. The number of amides is 1. The third-order valence-corrected chi connectivity index (χ3v) is 3.76. The molecule has 1 aromatic rings. The Morgan fingerprint density at radius 3 is 2.59 bits per heavy atom. The summed E-state index contributed by atoms with van der Waals surface area (Å²) in [6.45, 7) is 1.08. The molecular formula is C15H20F2N4O. The van der Waals surface area contributed by atoms with Crippen LogP contribution >= 0.6 is 0 Å². The lowest BCUT2D eigenvalue weighted by Gasteiger charge is -2.28. The second kappa shape index (κ2) is 7.31. The van der Waals surface area contributed by atoms with Crippen LogP contribution in [0.25, 0.3) is 0 Å². The molecule has 1 aromatic heterocycles. The molecule has 0 unspecified atom stereocenters. The fourth-order valence-corrected chi connectivity index (χ4v) is 2.50. The molecule has 1 fully saturated rings. The number of carbonyl (C=O) groups is 1. The van der Waals surface area contributed by atoms with Crippen molar-refractivity contribution < 1.29 is 13.6 Å². The summed E-state index contributed by atoms with van der Waals surface area (Å²) >= 11 is 0. The Kier molecular flexibility index (Phi) is 5.43. The Morgan fingerprint density at radius 2 is 2.00 bits per heavy atom. The molecule has 22 heavy (non-hydrogen) atoms. The van der Waals surface area contributed by atoms with Crippen LogP contribution < -0.4 is 11.5 Å². The quantitative estimate of drug-likeness (QED) is 0.890. The largest absolute Gasteiger partial charge is 0.397 e. The van der Waals surface area contributed by atoms with Crippen LogP contribution in [0.1, 0.15) is 35.3 Å². The first kappa shape index (κ1) is 16.4. The van der Waals surface area contributed by atoms with Crippen LogP contribution in [0.15, 0.2) is 23.9 Å².